The van der Waals surface area contributed by atoms with Gasteiger partial charge in [-0.05, 0) is 137 Å². The standard InChI is InChI=1S/C73H59NO2/c1-70(2,3)54-27-17-18-28-58(54)74(46-36-38-49-56(40-46)73(8,9)67-65(49)69-64(51-25-15-20-30-60(51)76-69)62-47-23-13-16-26-53(47)72(6,7)66(62)67)45-35-37-48-55(39-45)71(4,5)57-41-52(44-33-31-43(32-34-44)42-21-11-10-12-22-42)68-63(61(48)57)50-24-14-19-29-59(50)75-68/h10-41H,1-9H3. The first-order valence-corrected chi connectivity index (χ1v) is 27.1. The lowest BCUT2D eigenvalue weighted by Gasteiger charge is -2.34. The predicted molar refractivity (Wildman–Crippen MR) is 318 cm³/mol. The summed E-state index contributed by atoms with van der Waals surface area (Å²) in [5.41, 5.74) is 27.9. The van der Waals surface area contributed by atoms with Crippen LogP contribution in [0.25, 0.3) is 99.5 Å². The van der Waals surface area contributed by atoms with E-state index in [1.54, 1.807) is 0 Å². The van der Waals surface area contributed by atoms with E-state index in [1.807, 2.05) is 0 Å². The van der Waals surface area contributed by atoms with Crippen molar-refractivity contribution in [2.75, 3.05) is 4.90 Å². The summed E-state index contributed by atoms with van der Waals surface area (Å²) in [5, 5.41) is 4.73. The van der Waals surface area contributed by atoms with Crippen LogP contribution in [-0.2, 0) is 21.7 Å². The van der Waals surface area contributed by atoms with Crippen LogP contribution in [-0.4, -0.2) is 0 Å². The van der Waals surface area contributed by atoms with Crippen LogP contribution < -0.4 is 4.90 Å². The van der Waals surface area contributed by atoms with Gasteiger partial charge in [-0.3, -0.25) is 0 Å². The Bertz CT molecular complexity index is 4450. The van der Waals surface area contributed by atoms with Gasteiger partial charge in [-0.15, -0.1) is 0 Å². The van der Waals surface area contributed by atoms with Crippen molar-refractivity contribution in [1.82, 2.24) is 0 Å². The van der Waals surface area contributed by atoms with E-state index in [1.165, 1.54) is 105 Å². The van der Waals surface area contributed by atoms with Gasteiger partial charge in [-0.25, -0.2) is 0 Å². The molecular formula is C73H59NO2. The van der Waals surface area contributed by atoms with Crippen LogP contribution in [0, 0.1) is 0 Å². The van der Waals surface area contributed by atoms with Crippen LogP contribution in [0.15, 0.2) is 203 Å². The molecule has 0 aliphatic heterocycles. The first-order chi connectivity index (χ1) is 36.6. The van der Waals surface area contributed by atoms with Crippen molar-refractivity contribution >= 4 is 60.9 Å². The fourth-order valence-electron chi connectivity index (χ4n) is 14.3. The molecule has 0 unspecified atom stereocenters. The van der Waals surface area contributed by atoms with E-state index in [0.717, 1.165) is 50.2 Å². The number of hydrogen-bond donors (Lipinski definition) is 0. The quantitative estimate of drug-likeness (QED) is 0.172. The van der Waals surface area contributed by atoms with E-state index in [2.05, 4.69) is 261 Å². The van der Waals surface area contributed by atoms with E-state index >= 15 is 0 Å². The third-order valence-electron chi connectivity index (χ3n) is 17.9. The summed E-state index contributed by atoms with van der Waals surface area (Å²) in [5.74, 6) is 0. The maximum absolute atomic E-state index is 7.09. The van der Waals surface area contributed by atoms with E-state index in [4.69, 9.17) is 8.83 Å². The van der Waals surface area contributed by atoms with Gasteiger partial charge in [-0.2, -0.15) is 0 Å². The molecule has 0 radical (unpaired) electrons. The van der Waals surface area contributed by atoms with Crippen LogP contribution in [0.2, 0.25) is 0 Å². The molecule has 0 bridgehead atoms. The summed E-state index contributed by atoms with van der Waals surface area (Å²) in [7, 11) is 0. The molecule has 15 rings (SSSR count). The monoisotopic (exact) mass is 981 g/mol. The number of nitrogens with zero attached hydrogens (tertiary/aromatic N) is 1. The zero-order valence-electron chi connectivity index (χ0n) is 44.7. The van der Waals surface area contributed by atoms with Crippen molar-refractivity contribution in [1.29, 1.82) is 0 Å². The Morgan fingerprint density at radius 3 is 1.55 bits per heavy atom. The van der Waals surface area contributed by atoms with Gasteiger partial charge in [0.2, 0.25) is 0 Å². The Morgan fingerprint density at radius 2 is 0.868 bits per heavy atom. The summed E-state index contributed by atoms with van der Waals surface area (Å²) >= 11 is 0. The average Bonchev–Trinajstić information content (AvgIpc) is 4.32. The number of rotatable bonds is 5. The van der Waals surface area contributed by atoms with Crippen LogP contribution in [0.3, 0.4) is 0 Å². The van der Waals surface area contributed by atoms with Gasteiger partial charge in [0.05, 0.1) is 0 Å². The van der Waals surface area contributed by atoms with Gasteiger partial charge in [0.25, 0.3) is 0 Å². The lowest BCUT2D eigenvalue weighted by atomic mass is 9.72. The maximum Gasteiger partial charge on any atom is 0.144 e. The lowest BCUT2D eigenvalue weighted by Crippen LogP contribution is -2.24. The summed E-state index contributed by atoms with van der Waals surface area (Å²) in [6.45, 7) is 21.6. The number of hydrogen-bond acceptors (Lipinski definition) is 3. The molecule has 0 saturated heterocycles. The van der Waals surface area contributed by atoms with E-state index in [9.17, 15) is 0 Å². The molecule has 2 aromatic heterocycles. The molecule has 76 heavy (non-hydrogen) atoms. The van der Waals surface area contributed by atoms with E-state index in [0.29, 0.717) is 0 Å². The minimum Gasteiger partial charge on any atom is -0.455 e. The molecule has 3 heteroatoms. The molecule has 368 valence electrons. The Morgan fingerprint density at radius 1 is 0.368 bits per heavy atom. The van der Waals surface area contributed by atoms with Gasteiger partial charge in [0, 0.05) is 66.0 Å². The molecule has 0 spiro atoms. The van der Waals surface area contributed by atoms with Gasteiger partial charge < -0.3 is 13.7 Å². The Kier molecular flexibility index (Phi) is 9.10. The first kappa shape index (κ1) is 45.0. The van der Waals surface area contributed by atoms with Crippen molar-refractivity contribution in [3.05, 3.63) is 233 Å². The van der Waals surface area contributed by atoms with Crippen molar-refractivity contribution < 1.29 is 8.83 Å². The fourth-order valence-corrected chi connectivity index (χ4v) is 14.3. The maximum atomic E-state index is 7.09. The molecule has 0 fully saturated rings. The van der Waals surface area contributed by atoms with Crippen LogP contribution >= 0.6 is 0 Å². The smallest absolute Gasteiger partial charge is 0.144 e. The number of furan rings is 2. The highest BCUT2D eigenvalue weighted by Crippen LogP contribution is 2.64. The van der Waals surface area contributed by atoms with Crippen molar-refractivity contribution in [3.63, 3.8) is 0 Å². The fraction of sp³-hybridized carbons (Fsp3) is 0.178. The molecule has 3 aliphatic carbocycles. The summed E-state index contributed by atoms with van der Waals surface area (Å²) in [6.07, 6.45) is 0. The number of anilines is 3. The molecular weight excluding hydrogens is 923 g/mol. The second kappa shape index (κ2) is 15.4. The Balaban J connectivity index is 0.936. The van der Waals surface area contributed by atoms with Gasteiger partial charge >= 0.3 is 0 Å². The predicted octanol–water partition coefficient (Wildman–Crippen LogP) is 20.5. The van der Waals surface area contributed by atoms with Crippen molar-refractivity contribution in [2.24, 2.45) is 0 Å². The molecule has 10 aromatic carbocycles. The van der Waals surface area contributed by atoms with E-state index in [-0.39, 0.29) is 21.7 Å². The minimum absolute atomic E-state index is 0.134. The molecule has 0 saturated carbocycles. The third-order valence-corrected chi connectivity index (χ3v) is 17.9. The van der Waals surface area contributed by atoms with E-state index < -0.39 is 0 Å². The molecule has 0 N–H and O–H groups in total. The molecule has 0 atom stereocenters. The Labute approximate surface area is 445 Å². The minimum atomic E-state index is -0.355. The highest BCUT2D eigenvalue weighted by molar-refractivity contribution is 6.21. The first-order valence-electron chi connectivity index (χ1n) is 27.1. The number of benzene rings is 10. The number of fused-ring (bicyclic) bond motifs is 19. The van der Waals surface area contributed by atoms with Crippen LogP contribution in [0.5, 0.6) is 0 Å². The van der Waals surface area contributed by atoms with Gasteiger partial charge in [0.15, 0.2) is 0 Å². The average molecular weight is 982 g/mol. The SMILES string of the molecule is CC(C)(C)c1ccccc1N(c1ccc2c(c1)C(C)(C)c1cc(-c3ccc(-c4ccccc4)cc3)c3oc4ccccc4c3c1-2)c1ccc2c(c1)C(C)(C)c1c3c(c4c(oc5ccccc54)c1-2)-c1ccccc1C3(C)C. The second-order valence-electron chi connectivity index (χ2n) is 24.4. The normalized spacial score (nSPS) is 15.2. The third kappa shape index (κ3) is 6.00. The topological polar surface area (TPSA) is 29.5 Å². The zero-order valence-corrected chi connectivity index (χ0v) is 44.7. The highest BCUT2D eigenvalue weighted by atomic mass is 16.3. The summed E-state index contributed by atoms with van der Waals surface area (Å²) < 4.78 is 14.0. The van der Waals surface area contributed by atoms with Gasteiger partial charge in [0.1, 0.15) is 22.3 Å². The van der Waals surface area contributed by atoms with Gasteiger partial charge in [-0.1, -0.05) is 208 Å². The summed E-state index contributed by atoms with van der Waals surface area (Å²) in [4.78, 5) is 2.54. The molecule has 3 nitrogen and oxygen atoms in total. The highest BCUT2D eigenvalue weighted by Gasteiger charge is 2.49. The van der Waals surface area contributed by atoms with Crippen LogP contribution in [0.1, 0.15) is 101 Å². The lowest BCUT2D eigenvalue weighted by molar-refractivity contribution is 0.591. The van der Waals surface area contributed by atoms with Crippen molar-refractivity contribution in [3.8, 4) is 55.6 Å². The second-order valence-corrected chi connectivity index (χ2v) is 24.4. The molecule has 0 amide bonds. The number of para-hydroxylation sites is 3. The molecule has 3 aliphatic rings. The Hall–Kier alpha value is -8.40. The molecule has 12 aromatic rings. The zero-order chi connectivity index (χ0) is 51.8. The summed E-state index contributed by atoms with van der Waals surface area (Å²) in [6, 6.07) is 71.9. The van der Waals surface area contributed by atoms with Crippen molar-refractivity contribution in [2.45, 2.75) is 84.0 Å². The van der Waals surface area contributed by atoms with Crippen LogP contribution in [0.4, 0.5) is 17.1 Å². The molecule has 2 heterocycles. The largest absolute Gasteiger partial charge is 0.455 e.